The molecule has 0 aromatic rings. The summed E-state index contributed by atoms with van der Waals surface area (Å²) in [6.07, 6.45) is 2.35. The predicted octanol–water partition coefficient (Wildman–Crippen LogP) is 4.40. The predicted molar refractivity (Wildman–Crippen MR) is 87.3 cm³/mol. The molecule has 0 radical (unpaired) electrons. The van der Waals surface area contributed by atoms with Crippen molar-refractivity contribution in [2.45, 2.75) is 54.4 Å². The zero-order valence-electron chi connectivity index (χ0n) is 15.1. The smallest absolute Gasteiger partial charge is 0.0540 e. The highest BCUT2D eigenvalue weighted by molar-refractivity contribution is 4.81. The summed E-state index contributed by atoms with van der Waals surface area (Å²) in [5.41, 5.74) is 0.200. The molecule has 0 heterocycles. The average Bonchev–Trinajstić information content (AvgIpc) is 2.29. The molecule has 0 aromatic heterocycles. The van der Waals surface area contributed by atoms with Crippen LogP contribution in [0.2, 0.25) is 0 Å². The standard InChI is InChI=1S/C13H28O2.C4H10O/c1-11(2)7-13(9-14-5,10-15-6)8-12(3)4;1-3-5-4-2/h11-12H,7-10H2,1-6H3;3-4H2,1-2H3. The van der Waals surface area contributed by atoms with E-state index >= 15 is 0 Å². The highest BCUT2D eigenvalue weighted by atomic mass is 16.5. The Morgan fingerprint density at radius 3 is 1.25 bits per heavy atom. The van der Waals surface area contributed by atoms with Gasteiger partial charge in [0, 0.05) is 32.8 Å². The molecule has 0 aliphatic rings. The molecule has 0 N–H and O–H groups in total. The van der Waals surface area contributed by atoms with Crippen LogP contribution in [0.3, 0.4) is 0 Å². The van der Waals surface area contributed by atoms with Crippen molar-refractivity contribution in [2.24, 2.45) is 17.3 Å². The molecule has 20 heavy (non-hydrogen) atoms. The first-order valence-corrected chi connectivity index (χ1v) is 7.93. The minimum atomic E-state index is 0.200. The van der Waals surface area contributed by atoms with Gasteiger partial charge in [-0.2, -0.15) is 0 Å². The zero-order valence-corrected chi connectivity index (χ0v) is 15.1. The fourth-order valence-corrected chi connectivity index (χ4v) is 2.91. The van der Waals surface area contributed by atoms with Gasteiger partial charge in [-0.25, -0.2) is 0 Å². The van der Waals surface area contributed by atoms with Gasteiger partial charge in [0.05, 0.1) is 13.2 Å². The van der Waals surface area contributed by atoms with Crippen LogP contribution < -0.4 is 0 Å². The van der Waals surface area contributed by atoms with Gasteiger partial charge in [0.2, 0.25) is 0 Å². The van der Waals surface area contributed by atoms with Crippen LogP contribution in [0.4, 0.5) is 0 Å². The summed E-state index contributed by atoms with van der Waals surface area (Å²) in [5, 5.41) is 0. The Bertz CT molecular complexity index is 171. The zero-order chi connectivity index (χ0) is 16.0. The summed E-state index contributed by atoms with van der Waals surface area (Å²) in [5.74, 6) is 1.38. The lowest BCUT2D eigenvalue weighted by atomic mass is 9.75. The van der Waals surface area contributed by atoms with Crippen LogP contribution >= 0.6 is 0 Å². The molecule has 3 nitrogen and oxygen atoms in total. The molecule has 0 unspecified atom stereocenters. The van der Waals surface area contributed by atoms with Crippen LogP contribution in [0.5, 0.6) is 0 Å². The Hall–Kier alpha value is -0.120. The Labute approximate surface area is 127 Å². The fourth-order valence-electron chi connectivity index (χ4n) is 2.91. The lowest BCUT2D eigenvalue weighted by molar-refractivity contribution is -0.0163. The van der Waals surface area contributed by atoms with Crippen molar-refractivity contribution in [3.8, 4) is 0 Å². The van der Waals surface area contributed by atoms with Crippen molar-refractivity contribution in [1.82, 2.24) is 0 Å². The highest BCUT2D eigenvalue weighted by Crippen LogP contribution is 2.34. The van der Waals surface area contributed by atoms with E-state index in [4.69, 9.17) is 14.2 Å². The first-order chi connectivity index (χ1) is 9.37. The van der Waals surface area contributed by atoms with Crippen molar-refractivity contribution >= 4 is 0 Å². The molecule has 0 aliphatic heterocycles. The second kappa shape index (κ2) is 13.8. The van der Waals surface area contributed by atoms with Gasteiger partial charge in [-0.3, -0.25) is 0 Å². The molecule has 0 aromatic carbocycles. The van der Waals surface area contributed by atoms with E-state index in [2.05, 4.69) is 27.7 Å². The maximum atomic E-state index is 5.38. The van der Waals surface area contributed by atoms with Gasteiger partial charge >= 0.3 is 0 Å². The SMILES string of the molecule is CCOCC.COCC(COC)(CC(C)C)CC(C)C. The van der Waals surface area contributed by atoms with E-state index in [9.17, 15) is 0 Å². The number of methoxy groups -OCH3 is 2. The minimum Gasteiger partial charge on any atom is -0.384 e. The van der Waals surface area contributed by atoms with E-state index in [1.165, 1.54) is 12.8 Å². The Morgan fingerprint density at radius 2 is 1.10 bits per heavy atom. The highest BCUT2D eigenvalue weighted by Gasteiger charge is 2.32. The molecule has 0 bridgehead atoms. The van der Waals surface area contributed by atoms with Crippen LogP contribution in [0.25, 0.3) is 0 Å². The lowest BCUT2D eigenvalue weighted by Gasteiger charge is -2.35. The largest absolute Gasteiger partial charge is 0.384 e. The quantitative estimate of drug-likeness (QED) is 0.597. The van der Waals surface area contributed by atoms with Crippen LogP contribution in [0.1, 0.15) is 54.4 Å². The molecule has 0 saturated carbocycles. The lowest BCUT2D eigenvalue weighted by Crippen LogP contribution is -2.34. The van der Waals surface area contributed by atoms with E-state index in [0.717, 1.165) is 26.4 Å². The van der Waals surface area contributed by atoms with Crippen LogP contribution in [-0.4, -0.2) is 40.6 Å². The molecule has 0 rings (SSSR count). The summed E-state index contributed by atoms with van der Waals surface area (Å²) >= 11 is 0. The van der Waals surface area contributed by atoms with Gasteiger partial charge < -0.3 is 14.2 Å². The van der Waals surface area contributed by atoms with E-state index in [1.807, 2.05) is 13.8 Å². The Kier molecular flexibility index (Phi) is 15.3. The van der Waals surface area contributed by atoms with Crippen molar-refractivity contribution in [2.75, 3.05) is 40.6 Å². The maximum absolute atomic E-state index is 5.38. The van der Waals surface area contributed by atoms with Crippen LogP contribution in [0.15, 0.2) is 0 Å². The van der Waals surface area contributed by atoms with Gasteiger partial charge in [0.15, 0.2) is 0 Å². The molecular formula is C17H38O3. The van der Waals surface area contributed by atoms with Crippen molar-refractivity contribution in [1.29, 1.82) is 0 Å². The molecule has 0 aliphatic carbocycles. The first-order valence-electron chi connectivity index (χ1n) is 7.93. The fraction of sp³-hybridized carbons (Fsp3) is 1.00. The van der Waals surface area contributed by atoms with E-state index in [1.54, 1.807) is 14.2 Å². The van der Waals surface area contributed by atoms with Gasteiger partial charge in [0.1, 0.15) is 0 Å². The molecule has 0 fully saturated rings. The second-order valence-corrected chi connectivity index (χ2v) is 6.34. The van der Waals surface area contributed by atoms with Crippen molar-refractivity contribution in [3.05, 3.63) is 0 Å². The molecule has 0 saturated heterocycles. The Morgan fingerprint density at radius 1 is 0.750 bits per heavy atom. The number of hydrogen-bond acceptors (Lipinski definition) is 3. The maximum Gasteiger partial charge on any atom is 0.0540 e. The summed E-state index contributed by atoms with van der Waals surface area (Å²) in [6, 6.07) is 0. The normalized spacial score (nSPS) is 11.7. The van der Waals surface area contributed by atoms with Gasteiger partial charge in [-0.15, -0.1) is 0 Å². The summed E-state index contributed by atoms with van der Waals surface area (Å²) in [6.45, 7) is 16.3. The summed E-state index contributed by atoms with van der Waals surface area (Å²) < 4.78 is 15.6. The average molecular weight is 290 g/mol. The molecule has 0 atom stereocenters. The van der Waals surface area contributed by atoms with Gasteiger partial charge in [-0.05, 0) is 38.5 Å². The van der Waals surface area contributed by atoms with Gasteiger partial charge in [0.25, 0.3) is 0 Å². The van der Waals surface area contributed by atoms with Crippen LogP contribution in [0, 0.1) is 17.3 Å². The van der Waals surface area contributed by atoms with Crippen LogP contribution in [-0.2, 0) is 14.2 Å². The molecule has 0 amide bonds. The second-order valence-electron chi connectivity index (χ2n) is 6.34. The van der Waals surface area contributed by atoms with Gasteiger partial charge in [-0.1, -0.05) is 27.7 Å². The van der Waals surface area contributed by atoms with Crippen molar-refractivity contribution < 1.29 is 14.2 Å². The monoisotopic (exact) mass is 290 g/mol. The molecule has 124 valence electrons. The number of hydrogen-bond donors (Lipinski definition) is 0. The molecule has 3 heteroatoms. The van der Waals surface area contributed by atoms with E-state index in [0.29, 0.717) is 11.8 Å². The third kappa shape index (κ3) is 12.9. The minimum absolute atomic E-state index is 0.200. The van der Waals surface area contributed by atoms with Crippen molar-refractivity contribution in [3.63, 3.8) is 0 Å². The third-order valence-corrected chi connectivity index (χ3v) is 2.99. The van der Waals surface area contributed by atoms with E-state index < -0.39 is 0 Å². The number of rotatable bonds is 10. The topological polar surface area (TPSA) is 27.7 Å². The number of ether oxygens (including phenoxy) is 3. The molecule has 0 spiro atoms. The van der Waals surface area contributed by atoms with E-state index in [-0.39, 0.29) is 5.41 Å². The third-order valence-electron chi connectivity index (χ3n) is 2.99. The summed E-state index contributed by atoms with van der Waals surface area (Å²) in [7, 11) is 3.57. The molecular weight excluding hydrogens is 252 g/mol. The summed E-state index contributed by atoms with van der Waals surface area (Å²) in [4.78, 5) is 0. The Balaban J connectivity index is 0. The first kappa shape index (κ1) is 22.2.